The Kier molecular flexibility index (Phi) is 4.18. The molecule has 0 saturated carbocycles. The molecule has 1 heterocycles. The Labute approximate surface area is 102 Å². The number of hydrogen-bond donors (Lipinski definition) is 1. The average Bonchev–Trinajstić information content (AvgIpc) is 2.73. The van der Waals surface area contributed by atoms with Gasteiger partial charge in [0, 0.05) is 17.5 Å². The van der Waals surface area contributed by atoms with Crippen molar-refractivity contribution in [2.75, 3.05) is 20.1 Å². The minimum absolute atomic E-state index is 0.780. The maximum Gasteiger partial charge on any atom is 0.134 e. The van der Waals surface area contributed by atoms with Gasteiger partial charge in [-0.3, -0.25) is 0 Å². The predicted molar refractivity (Wildman–Crippen MR) is 70.8 cm³/mol. The van der Waals surface area contributed by atoms with E-state index in [0.717, 1.165) is 38.1 Å². The zero-order chi connectivity index (χ0) is 12.1. The molecule has 0 saturated heterocycles. The van der Waals surface area contributed by atoms with Gasteiger partial charge in [0.15, 0.2) is 0 Å². The van der Waals surface area contributed by atoms with Gasteiger partial charge in [0.1, 0.15) is 5.58 Å². The molecule has 0 fully saturated rings. The maximum atomic E-state index is 5.53. The van der Waals surface area contributed by atoms with E-state index in [9.17, 15) is 0 Å². The number of nitrogens with two attached hydrogens (primary N) is 1. The van der Waals surface area contributed by atoms with E-state index in [-0.39, 0.29) is 0 Å². The zero-order valence-corrected chi connectivity index (χ0v) is 10.4. The molecule has 0 spiro atoms. The summed E-state index contributed by atoms with van der Waals surface area (Å²) in [6.45, 7) is 2.79. The van der Waals surface area contributed by atoms with Crippen molar-refractivity contribution in [1.82, 2.24) is 4.90 Å². The molecular weight excluding hydrogens is 212 g/mol. The second-order valence-corrected chi connectivity index (χ2v) is 4.49. The number of fused-ring (bicyclic) bond motifs is 1. The Morgan fingerprint density at radius 3 is 2.88 bits per heavy atom. The number of hydrogen-bond acceptors (Lipinski definition) is 3. The van der Waals surface area contributed by atoms with Gasteiger partial charge in [0.2, 0.25) is 0 Å². The molecule has 0 atom stereocenters. The number of furan rings is 1. The first-order chi connectivity index (χ1) is 8.31. The molecule has 3 nitrogen and oxygen atoms in total. The van der Waals surface area contributed by atoms with Crippen molar-refractivity contribution in [3.05, 3.63) is 36.1 Å². The monoisotopic (exact) mass is 232 g/mol. The van der Waals surface area contributed by atoms with Gasteiger partial charge < -0.3 is 15.1 Å². The van der Waals surface area contributed by atoms with E-state index < -0.39 is 0 Å². The molecule has 2 aromatic rings. The van der Waals surface area contributed by atoms with Crippen LogP contribution in [0.4, 0.5) is 0 Å². The molecule has 0 radical (unpaired) electrons. The highest BCUT2D eigenvalue weighted by atomic mass is 16.3. The Morgan fingerprint density at radius 1 is 1.24 bits per heavy atom. The third-order valence-corrected chi connectivity index (χ3v) is 3.00. The van der Waals surface area contributed by atoms with E-state index >= 15 is 0 Å². The Balaban J connectivity index is 1.98. The minimum atomic E-state index is 0.780. The van der Waals surface area contributed by atoms with Crippen LogP contribution in [0.25, 0.3) is 11.0 Å². The Bertz CT molecular complexity index is 464. The van der Waals surface area contributed by atoms with Crippen molar-refractivity contribution in [2.45, 2.75) is 19.4 Å². The van der Waals surface area contributed by atoms with Gasteiger partial charge in [0.05, 0.1) is 6.26 Å². The number of unbranched alkanes of at least 4 members (excludes halogenated alkanes) is 1. The van der Waals surface area contributed by atoms with Crippen LogP contribution in [0.1, 0.15) is 18.4 Å². The van der Waals surface area contributed by atoms with Crippen LogP contribution >= 0.6 is 0 Å². The lowest BCUT2D eigenvalue weighted by molar-refractivity contribution is 0.319. The average molecular weight is 232 g/mol. The van der Waals surface area contributed by atoms with Crippen LogP contribution in [0.3, 0.4) is 0 Å². The van der Waals surface area contributed by atoms with Crippen molar-refractivity contribution >= 4 is 11.0 Å². The molecule has 0 aliphatic rings. The molecule has 0 bridgehead atoms. The van der Waals surface area contributed by atoms with E-state index in [1.807, 2.05) is 18.4 Å². The van der Waals surface area contributed by atoms with Crippen molar-refractivity contribution in [3.8, 4) is 0 Å². The minimum Gasteiger partial charge on any atom is -0.464 e. The summed E-state index contributed by atoms with van der Waals surface area (Å²) in [6.07, 6.45) is 4.11. The summed E-state index contributed by atoms with van der Waals surface area (Å²) >= 11 is 0. The topological polar surface area (TPSA) is 42.4 Å². The van der Waals surface area contributed by atoms with Crippen LogP contribution in [-0.2, 0) is 6.54 Å². The molecular formula is C14H20N2O. The van der Waals surface area contributed by atoms with Crippen LogP contribution < -0.4 is 5.73 Å². The molecule has 1 aromatic carbocycles. The molecule has 0 unspecified atom stereocenters. The predicted octanol–water partition coefficient (Wildman–Crippen LogP) is 2.60. The fourth-order valence-corrected chi connectivity index (χ4v) is 2.05. The van der Waals surface area contributed by atoms with Crippen molar-refractivity contribution < 1.29 is 4.42 Å². The van der Waals surface area contributed by atoms with Gasteiger partial charge in [-0.15, -0.1) is 0 Å². The lowest BCUT2D eigenvalue weighted by Gasteiger charge is -2.15. The van der Waals surface area contributed by atoms with Gasteiger partial charge in [-0.05, 0) is 39.0 Å². The highest BCUT2D eigenvalue weighted by Crippen LogP contribution is 2.21. The number of rotatable bonds is 6. The lowest BCUT2D eigenvalue weighted by Crippen LogP contribution is -2.19. The third-order valence-electron chi connectivity index (χ3n) is 3.00. The number of benzene rings is 1. The lowest BCUT2D eigenvalue weighted by atomic mass is 10.1. The molecule has 2 rings (SSSR count). The molecule has 2 N–H and O–H groups in total. The number of nitrogens with zero attached hydrogens (tertiary/aromatic N) is 1. The first kappa shape index (κ1) is 12.1. The SMILES string of the molecule is CN(CCCCN)Cc1coc2ccccc12. The van der Waals surface area contributed by atoms with Crippen LogP contribution in [0.2, 0.25) is 0 Å². The summed E-state index contributed by atoms with van der Waals surface area (Å²) in [5.41, 5.74) is 7.72. The standard InChI is InChI=1S/C14H20N2O/c1-16(9-5-4-8-15)10-12-11-17-14-7-3-2-6-13(12)14/h2-3,6-7,11H,4-5,8-10,15H2,1H3. The number of para-hydroxylation sites is 1. The normalized spacial score (nSPS) is 11.5. The van der Waals surface area contributed by atoms with Gasteiger partial charge in [-0.2, -0.15) is 0 Å². The van der Waals surface area contributed by atoms with E-state index in [2.05, 4.69) is 24.1 Å². The third kappa shape index (κ3) is 3.08. The quantitative estimate of drug-likeness (QED) is 0.778. The highest BCUT2D eigenvalue weighted by Gasteiger charge is 2.07. The van der Waals surface area contributed by atoms with Gasteiger partial charge >= 0.3 is 0 Å². The molecule has 1 aromatic heterocycles. The van der Waals surface area contributed by atoms with Crippen LogP contribution in [0.5, 0.6) is 0 Å². The van der Waals surface area contributed by atoms with Gasteiger partial charge in [0.25, 0.3) is 0 Å². The summed E-state index contributed by atoms with van der Waals surface area (Å²) in [5, 5.41) is 1.22. The van der Waals surface area contributed by atoms with Gasteiger partial charge in [-0.25, -0.2) is 0 Å². The zero-order valence-electron chi connectivity index (χ0n) is 10.4. The fraction of sp³-hybridized carbons (Fsp3) is 0.429. The van der Waals surface area contributed by atoms with Crippen molar-refractivity contribution in [3.63, 3.8) is 0 Å². The molecule has 3 heteroatoms. The van der Waals surface area contributed by atoms with Crippen molar-refractivity contribution in [2.24, 2.45) is 5.73 Å². The first-order valence-corrected chi connectivity index (χ1v) is 6.15. The van der Waals surface area contributed by atoms with Crippen LogP contribution in [0.15, 0.2) is 34.9 Å². The Morgan fingerprint density at radius 2 is 2.06 bits per heavy atom. The molecule has 0 aliphatic heterocycles. The van der Waals surface area contributed by atoms with Crippen LogP contribution in [0, 0.1) is 0 Å². The molecule has 0 aliphatic carbocycles. The van der Waals surface area contributed by atoms with E-state index in [1.165, 1.54) is 10.9 Å². The Hall–Kier alpha value is -1.32. The summed E-state index contributed by atoms with van der Waals surface area (Å²) in [4.78, 5) is 2.31. The summed E-state index contributed by atoms with van der Waals surface area (Å²) in [7, 11) is 2.14. The largest absolute Gasteiger partial charge is 0.464 e. The van der Waals surface area contributed by atoms with Gasteiger partial charge in [-0.1, -0.05) is 18.2 Å². The highest BCUT2D eigenvalue weighted by molar-refractivity contribution is 5.80. The molecule has 0 amide bonds. The summed E-state index contributed by atoms with van der Waals surface area (Å²) in [6, 6.07) is 8.17. The summed E-state index contributed by atoms with van der Waals surface area (Å²) in [5.74, 6) is 0. The molecule has 92 valence electrons. The van der Waals surface area contributed by atoms with E-state index in [0.29, 0.717) is 0 Å². The van der Waals surface area contributed by atoms with Crippen molar-refractivity contribution in [1.29, 1.82) is 0 Å². The smallest absolute Gasteiger partial charge is 0.134 e. The van der Waals surface area contributed by atoms with E-state index in [4.69, 9.17) is 10.2 Å². The second-order valence-electron chi connectivity index (χ2n) is 4.49. The van der Waals surface area contributed by atoms with E-state index in [1.54, 1.807) is 0 Å². The summed E-state index contributed by atoms with van der Waals surface area (Å²) < 4.78 is 5.53. The first-order valence-electron chi connectivity index (χ1n) is 6.15. The fourth-order valence-electron chi connectivity index (χ4n) is 2.05. The second kappa shape index (κ2) is 5.84. The maximum absolute atomic E-state index is 5.53. The molecule has 17 heavy (non-hydrogen) atoms. The van der Waals surface area contributed by atoms with Crippen LogP contribution in [-0.4, -0.2) is 25.0 Å².